The molecule has 0 aromatic heterocycles. The Kier molecular flexibility index (Phi) is 3.01. The number of carboxylic acids is 1. The molecule has 84 valence electrons. The van der Waals surface area contributed by atoms with E-state index >= 15 is 0 Å². The number of ketones is 1. The molecule has 0 unspecified atom stereocenters. The molecule has 1 aliphatic heterocycles. The summed E-state index contributed by atoms with van der Waals surface area (Å²) in [5, 5.41) is 9.03. The van der Waals surface area contributed by atoms with E-state index in [1.54, 1.807) is 18.2 Å². The Hall–Kier alpha value is -1.68. The predicted octanol–water partition coefficient (Wildman–Crippen LogP) is 1.46. The number of carboxylic acid groups (broad SMARTS) is 1. The summed E-state index contributed by atoms with van der Waals surface area (Å²) in [6.45, 7) is 0.716. The van der Waals surface area contributed by atoms with Gasteiger partial charge in [0.2, 0.25) is 0 Å². The van der Waals surface area contributed by atoms with Crippen LogP contribution >= 0.6 is 0 Å². The summed E-state index contributed by atoms with van der Waals surface area (Å²) in [6, 6.07) is 6.59. The fourth-order valence-electron chi connectivity index (χ4n) is 1.90. The van der Waals surface area contributed by atoms with E-state index in [0.717, 1.165) is 0 Å². The normalized spacial score (nSPS) is 20.8. The number of aromatic carboxylic acids is 1. The lowest BCUT2D eigenvalue weighted by molar-refractivity contribution is -0.126. The number of Topliss-reactive ketones (excluding diaryl/α,β-unsaturated/α-hetero) is 1. The van der Waals surface area contributed by atoms with Gasteiger partial charge in [-0.3, -0.25) is 4.79 Å². The van der Waals surface area contributed by atoms with Crippen molar-refractivity contribution in [3.05, 3.63) is 35.4 Å². The summed E-state index contributed by atoms with van der Waals surface area (Å²) in [5.74, 6) is -1.38. The molecule has 4 heteroatoms. The second kappa shape index (κ2) is 4.45. The van der Waals surface area contributed by atoms with Gasteiger partial charge in [-0.15, -0.1) is 0 Å². The number of benzene rings is 1. The van der Waals surface area contributed by atoms with Crippen molar-refractivity contribution >= 4 is 11.8 Å². The molecule has 1 aromatic rings. The molecule has 0 radical (unpaired) electrons. The summed E-state index contributed by atoms with van der Waals surface area (Å²) in [6.07, 6.45) is 0.360. The van der Waals surface area contributed by atoms with Crippen molar-refractivity contribution in [2.75, 3.05) is 13.2 Å². The van der Waals surface area contributed by atoms with Gasteiger partial charge in [-0.2, -0.15) is 0 Å². The highest BCUT2D eigenvalue weighted by atomic mass is 16.5. The highest BCUT2D eigenvalue weighted by molar-refractivity contribution is 5.94. The van der Waals surface area contributed by atoms with Crippen molar-refractivity contribution in [2.24, 2.45) is 0 Å². The van der Waals surface area contributed by atoms with Crippen molar-refractivity contribution in [3.8, 4) is 0 Å². The Bertz CT molecular complexity index is 425. The zero-order valence-corrected chi connectivity index (χ0v) is 8.68. The van der Waals surface area contributed by atoms with Crippen molar-refractivity contribution in [1.29, 1.82) is 0 Å². The standard InChI is InChI=1S/C12H12O4/c13-11-5-6-16-7-10(11)8-3-1-2-4-9(8)12(14)15/h1-4,10H,5-7H2,(H,14,15)/t10-/m0/s1. The maximum atomic E-state index is 11.7. The smallest absolute Gasteiger partial charge is 0.335 e. The second-order valence-electron chi connectivity index (χ2n) is 3.74. The van der Waals surface area contributed by atoms with Gasteiger partial charge >= 0.3 is 5.97 Å². The Labute approximate surface area is 92.8 Å². The minimum atomic E-state index is -1.01. The molecular weight excluding hydrogens is 208 g/mol. The molecule has 0 bridgehead atoms. The minimum Gasteiger partial charge on any atom is -0.478 e. The van der Waals surface area contributed by atoms with E-state index in [1.807, 2.05) is 0 Å². The van der Waals surface area contributed by atoms with Crippen LogP contribution in [0.1, 0.15) is 28.3 Å². The van der Waals surface area contributed by atoms with E-state index < -0.39 is 11.9 Å². The monoisotopic (exact) mass is 220 g/mol. The van der Waals surface area contributed by atoms with Crippen LogP contribution in [0.5, 0.6) is 0 Å². The van der Waals surface area contributed by atoms with Crippen LogP contribution in [-0.2, 0) is 9.53 Å². The first-order valence-electron chi connectivity index (χ1n) is 5.13. The molecule has 4 nitrogen and oxygen atoms in total. The maximum absolute atomic E-state index is 11.7. The molecule has 0 spiro atoms. The minimum absolute atomic E-state index is 0.0555. The molecule has 1 aliphatic rings. The van der Waals surface area contributed by atoms with Gasteiger partial charge in [-0.1, -0.05) is 18.2 Å². The molecule has 1 N–H and O–H groups in total. The lowest BCUT2D eigenvalue weighted by Gasteiger charge is -2.22. The first-order chi connectivity index (χ1) is 7.70. The van der Waals surface area contributed by atoms with Gasteiger partial charge < -0.3 is 9.84 Å². The molecule has 2 rings (SSSR count). The number of hydrogen-bond donors (Lipinski definition) is 1. The van der Waals surface area contributed by atoms with Crippen LogP contribution in [0.25, 0.3) is 0 Å². The predicted molar refractivity (Wildman–Crippen MR) is 56.6 cm³/mol. The first kappa shape index (κ1) is 10.8. The van der Waals surface area contributed by atoms with Crippen molar-refractivity contribution < 1.29 is 19.4 Å². The van der Waals surface area contributed by atoms with E-state index in [4.69, 9.17) is 9.84 Å². The van der Waals surface area contributed by atoms with Crippen molar-refractivity contribution in [2.45, 2.75) is 12.3 Å². The van der Waals surface area contributed by atoms with Gasteiger partial charge in [0.15, 0.2) is 0 Å². The number of rotatable bonds is 2. The number of carbonyl (C=O) groups is 2. The van der Waals surface area contributed by atoms with Crippen LogP contribution in [-0.4, -0.2) is 30.1 Å². The number of ether oxygens (including phenoxy) is 1. The third kappa shape index (κ3) is 1.97. The molecule has 16 heavy (non-hydrogen) atoms. The van der Waals surface area contributed by atoms with E-state index in [2.05, 4.69) is 0 Å². The Morgan fingerprint density at radius 3 is 2.81 bits per heavy atom. The van der Waals surface area contributed by atoms with Crippen molar-refractivity contribution in [1.82, 2.24) is 0 Å². The maximum Gasteiger partial charge on any atom is 0.335 e. The number of carbonyl (C=O) groups excluding carboxylic acids is 1. The summed E-state index contributed by atoms with van der Waals surface area (Å²) in [4.78, 5) is 22.7. The van der Waals surface area contributed by atoms with Crippen LogP contribution < -0.4 is 0 Å². The van der Waals surface area contributed by atoms with E-state index in [1.165, 1.54) is 6.07 Å². The average molecular weight is 220 g/mol. The van der Waals surface area contributed by atoms with Crippen LogP contribution in [0, 0.1) is 0 Å². The molecular formula is C12H12O4. The van der Waals surface area contributed by atoms with E-state index in [0.29, 0.717) is 18.6 Å². The van der Waals surface area contributed by atoms with Gasteiger partial charge in [-0.25, -0.2) is 4.79 Å². The number of hydrogen-bond acceptors (Lipinski definition) is 3. The fraction of sp³-hybridized carbons (Fsp3) is 0.333. The van der Waals surface area contributed by atoms with Gasteiger partial charge in [0.1, 0.15) is 5.78 Å². The molecule has 0 saturated carbocycles. The largest absolute Gasteiger partial charge is 0.478 e. The molecule has 1 saturated heterocycles. The Morgan fingerprint density at radius 2 is 2.12 bits per heavy atom. The molecule has 0 amide bonds. The molecule has 1 heterocycles. The van der Waals surface area contributed by atoms with Crippen LogP contribution in [0.2, 0.25) is 0 Å². The SMILES string of the molecule is O=C(O)c1ccccc1[C@@H]1COCCC1=O. The fourth-order valence-corrected chi connectivity index (χ4v) is 1.90. The van der Waals surface area contributed by atoms with E-state index in [9.17, 15) is 9.59 Å². The first-order valence-corrected chi connectivity index (χ1v) is 5.13. The average Bonchev–Trinajstić information content (AvgIpc) is 2.29. The van der Waals surface area contributed by atoms with Crippen LogP contribution in [0.4, 0.5) is 0 Å². The third-order valence-corrected chi connectivity index (χ3v) is 2.73. The summed E-state index contributed by atoms with van der Waals surface area (Å²) < 4.78 is 5.23. The van der Waals surface area contributed by atoms with E-state index in [-0.39, 0.29) is 18.0 Å². The van der Waals surface area contributed by atoms with Gasteiger partial charge in [0, 0.05) is 6.42 Å². The molecule has 1 fully saturated rings. The van der Waals surface area contributed by atoms with Crippen LogP contribution in [0.3, 0.4) is 0 Å². The molecule has 1 aromatic carbocycles. The summed E-state index contributed by atoms with van der Waals surface area (Å²) >= 11 is 0. The highest BCUT2D eigenvalue weighted by Gasteiger charge is 2.27. The quantitative estimate of drug-likeness (QED) is 0.819. The summed E-state index contributed by atoms with van der Waals surface area (Å²) in [7, 11) is 0. The Balaban J connectivity index is 2.38. The zero-order chi connectivity index (χ0) is 11.5. The van der Waals surface area contributed by atoms with Gasteiger partial charge in [0.05, 0.1) is 24.7 Å². The zero-order valence-electron chi connectivity index (χ0n) is 8.68. The summed E-state index contributed by atoms with van der Waals surface area (Å²) in [5.41, 5.74) is 0.742. The van der Waals surface area contributed by atoms with Gasteiger partial charge in [-0.05, 0) is 11.6 Å². The Morgan fingerprint density at radius 1 is 1.38 bits per heavy atom. The van der Waals surface area contributed by atoms with Gasteiger partial charge in [0.25, 0.3) is 0 Å². The second-order valence-corrected chi connectivity index (χ2v) is 3.74. The lowest BCUT2D eigenvalue weighted by Crippen LogP contribution is -2.27. The van der Waals surface area contributed by atoms with Crippen molar-refractivity contribution in [3.63, 3.8) is 0 Å². The van der Waals surface area contributed by atoms with Crippen LogP contribution in [0.15, 0.2) is 24.3 Å². The molecule has 0 aliphatic carbocycles. The third-order valence-electron chi connectivity index (χ3n) is 2.73. The highest BCUT2D eigenvalue weighted by Crippen LogP contribution is 2.25. The topological polar surface area (TPSA) is 63.6 Å². The lowest BCUT2D eigenvalue weighted by atomic mass is 9.89. The molecule has 1 atom stereocenters.